The van der Waals surface area contributed by atoms with Gasteiger partial charge in [0.25, 0.3) is 0 Å². The lowest BCUT2D eigenvalue weighted by Gasteiger charge is -2.28. The molecule has 28 heavy (non-hydrogen) atoms. The number of anilines is 2. The molecule has 0 aromatic heterocycles. The number of rotatable bonds is 8. The van der Waals surface area contributed by atoms with Gasteiger partial charge in [0.1, 0.15) is 0 Å². The number of urea groups is 1. The van der Waals surface area contributed by atoms with Gasteiger partial charge in [0.2, 0.25) is 0 Å². The summed E-state index contributed by atoms with van der Waals surface area (Å²) >= 11 is 0. The average molecular weight is 387 g/mol. The van der Waals surface area contributed by atoms with Crippen molar-refractivity contribution in [2.75, 3.05) is 36.4 Å². The number of nitrogens with one attached hydrogen (secondary N) is 2. The maximum atomic E-state index is 12.1. The molecule has 2 heterocycles. The predicted molar refractivity (Wildman–Crippen MR) is 118 cm³/mol. The van der Waals surface area contributed by atoms with E-state index < -0.39 is 0 Å². The molecule has 1 unspecified atom stereocenters. The summed E-state index contributed by atoms with van der Waals surface area (Å²) in [7, 11) is 0. The minimum atomic E-state index is -0.100. The molecule has 0 saturated carbocycles. The number of aryl methyl sites for hydroxylation is 1. The van der Waals surface area contributed by atoms with Crippen molar-refractivity contribution in [3.63, 3.8) is 0 Å². The highest BCUT2D eigenvalue weighted by atomic mass is 16.2. The zero-order chi connectivity index (χ0) is 19.9. The van der Waals surface area contributed by atoms with E-state index >= 15 is 0 Å². The van der Waals surface area contributed by atoms with Crippen molar-refractivity contribution in [3.05, 3.63) is 23.8 Å². The first-order valence-corrected chi connectivity index (χ1v) is 11.2. The van der Waals surface area contributed by atoms with Crippen molar-refractivity contribution in [1.82, 2.24) is 10.2 Å². The summed E-state index contributed by atoms with van der Waals surface area (Å²) < 4.78 is 0. The Kier molecular flexibility index (Phi) is 7.60. The van der Waals surface area contributed by atoms with Gasteiger partial charge in [0.05, 0.1) is 0 Å². The molecule has 0 radical (unpaired) electrons. The molecule has 0 spiro atoms. The Morgan fingerprint density at radius 1 is 1.18 bits per heavy atom. The largest absolute Gasteiger partial charge is 0.370 e. The van der Waals surface area contributed by atoms with Crippen LogP contribution in [-0.2, 0) is 0 Å². The second kappa shape index (κ2) is 10.1. The molecule has 2 N–H and O–H groups in total. The monoisotopic (exact) mass is 386 g/mol. The lowest BCUT2D eigenvalue weighted by atomic mass is 10.1. The number of carbonyl (C=O) groups is 1. The number of carbonyl (C=O) groups excluding carboxylic acids is 1. The minimum absolute atomic E-state index is 0.100. The van der Waals surface area contributed by atoms with Crippen LogP contribution in [0.25, 0.3) is 0 Å². The summed E-state index contributed by atoms with van der Waals surface area (Å²) in [5, 5.41) is 5.96. The lowest BCUT2D eigenvalue weighted by molar-refractivity contribution is 0.204. The van der Waals surface area contributed by atoms with Crippen LogP contribution in [0.3, 0.4) is 0 Å². The van der Waals surface area contributed by atoms with Gasteiger partial charge in [0, 0.05) is 43.1 Å². The second-order valence-corrected chi connectivity index (χ2v) is 8.56. The van der Waals surface area contributed by atoms with Gasteiger partial charge in [-0.3, -0.25) is 4.90 Å². The number of hydrogen-bond acceptors (Lipinski definition) is 3. The molecule has 1 aromatic rings. The maximum Gasteiger partial charge on any atom is 0.319 e. The number of hydrogen-bond donors (Lipinski definition) is 2. The number of benzene rings is 1. The molecule has 2 fully saturated rings. The zero-order valence-corrected chi connectivity index (χ0v) is 18.0. The molecule has 1 aromatic carbocycles. The summed E-state index contributed by atoms with van der Waals surface area (Å²) in [4.78, 5) is 17.3. The lowest BCUT2D eigenvalue weighted by Crippen LogP contribution is -2.39. The highest BCUT2D eigenvalue weighted by molar-refractivity contribution is 5.90. The van der Waals surface area contributed by atoms with Gasteiger partial charge in [-0.15, -0.1) is 0 Å². The first-order chi connectivity index (χ1) is 13.6. The molecule has 0 aliphatic carbocycles. The number of nitrogens with zero attached hydrogens (tertiary/aromatic N) is 2. The van der Waals surface area contributed by atoms with Crippen LogP contribution in [0, 0.1) is 6.92 Å². The van der Waals surface area contributed by atoms with Crippen LogP contribution in [-0.4, -0.2) is 49.2 Å². The van der Waals surface area contributed by atoms with Crippen LogP contribution in [0.5, 0.6) is 0 Å². The highest BCUT2D eigenvalue weighted by Gasteiger charge is 2.32. The van der Waals surface area contributed by atoms with Crippen molar-refractivity contribution in [1.29, 1.82) is 0 Å². The SMILES string of the molecule is CCCCCCNC(=O)Nc1ccc(N2CCC(N3CCC[C@@H]3C)C2)cc1C. The first-order valence-electron chi connectivity index (χ1n) is 11.2. The molecule has 5 heteroatoms. The van der Waals surface area contributed by atoms with Crippen LogP contribution in [0.4, 0.5) is 16.2 Å². The highest BCUT2D eigenvalue weighted by Crippen LogP contribution is 2.30. The van der Waals surface area contributed by atoms with Crippen LogP contribution in [0.2, 0.25) is 0 Å². The summed E-state index contributed by atoms with van der Waals surface area (Å²) in [6.07, 6.45) is 8.62. The van der Waals surface area contributed by atoms with E-state index in [1.807, 2.05) is 6.07 Å². The van der Waals surface area contributed by atoms with E-state index in [9.17, 15) is 4.79 Å². The van der Waals surface area contributed by atoms with E-state index in [-0.39, 0.29) is 6.03 Å². The van der Waals surface area contributed by atoms with Crippen molar-refractivity contribution in [2.45, 2.75) is 77.8 Å². The van der Waals surface area contributed by atoms with Gasteiger partial charge in [-0.25, -0.2) is 4.79 Å². The van der Waals surface area contributed by atoms with E-state index in [2.05, 4.69) is 53.3 Å². The summed E-state index contributed by atoms with van der Waals surface area (Å²) in [6, 6.07) is 7.74. The molecule has 2 amide bonds. The van der Waals surface area contributed by atoms with Crippen LogP contribution in [0.1, 0.15) is 64.4 Å². The summed E-state index contributed by atoms with van der Waals surface area (Å²) in [5.41, 5.74) is 3.30. The normalized spacial score (nSPS) is 22.6. The molecule has 3 rings (SSSR count). The van der Waals surface area contributed by atoms with E-state index in [1.54, 1.807) is 0 Å². The van der Waals surface area contributed by atoms with Crippen molar-refractivity contribution in [2.24, 2.45) is 0 Å². The van der Waals surface area contributed by atoms with Crippen molar-refractivity contribution < 1.29 is 4.79 Å². The minimum Gasteiger partial charge on any atom is -0.370 e. The zero-order valence-electron chi connectivity index (χ0n) is 18.0. The van der Waals surface area contributed by atoms with Crippen LogP contribution in [0.15, 0.2) is 18.2 Å². The van der Waals surface area contributed by atoms with Gasteiger partial charge >= 0.3 is 6.03 Å². The summed E-state index contributed by atoms with van der Waals surface area (Å²) in [6.45, 7) is 10.9. The van der Waals surface area contributed by atoms with Crippen molar-refractivity contribution in [3.8, 4) is 0 Å². The van der Waals surface area contributed by atoms with Gasteiger partial charge in [-0.1, -0.05) is 26.2 Å². The fraction of sp³-hybridized carbons (Fsp3) is 0.696. The molecule has 156 valence electrons. The predicted octanol–water partition coefficient (Wildman–Crippen LogP) is 4.76. The maximum absolute atomic E-state index is 12.1. The third kappa shape index (κ3) is 5.40. The van der Waals surface area contributed by atoms with E-state index in [0.717, 1.165) is 43.3 Å². The molecule has 2 atom stereocenters. The Hall–Kier alpha value is -1.75. The number of amides is 2. The Bertz CT molecular complexity index is 647. The molecule has 0 bridgehead atoms. The smallest absolute Gasteiger partial charge is 0.319 e. The molecular formula is C23H38N4O. The summed E-state index contributed by atoms with van der Waals surface area (Å²) in [5.74, 6) is 0. The Balaban J connectivity index is 1.49. The van der Waals surface area contributed by atoms with Crippen LogP contribution >= 0.6 is 0 Å². The molecule has 2 aliphatic rings. The molecule has 5 nitrogen and oxygen atoms in total. The van der Waals surface area contributed by atoms with Crippen molar-refractivity contribution >= 4 is 17.4 Å². The van der Waals surface area contributed by atoms with E-state index in [0.29, 0.717) is 6.04 Å². The quantitative estimate of drug-likeness (QED) is 0.633. The van der Waals surface area contributed by atoms with Gasteiger partial charge in [-0.2, -0.15) is 0 Å². The van der Waals surface area contributed by atoms with Gasteiger partial charge < -0.3 is 15.5 Å². The first kappa shape index (κ1) is 21.0. The third-order valence-electron chi connectivity index (χ3n) is 6.38. The standard InChI is InChI=1S/C23H38N4O/c1-4-5-6-7-13-24-23(28)25-22-11-10-20(16-18(22)2)26-15-12-21(17-26)27-14-8-9-19(27)3/h10-11,16,19,21H,4-9,12-15,17H2,1-3H3,(H2,24,25,28)/t19-,21?/m0/s1. The average Bonchev–Trinajstić information content (AvgIpc) is 3.32. The molecule has 2 saturated heterocycles. The fourth-order valence-electron chi connectivity index (χ4n) is 4.65. The second-order valence-electron chi connectivity index (χ2n) is 8.56. The Morgan fingerprint density at radius 2 is 2.04 bits per heavy atom. The Morgan fingerprint density at radius 3 is 2.75 bits per heavy atom. The molecule has 2 aliphatic heterocycles. The fourth-order valence-corrected chi connectivity index (χ4v) is 4.65. The number of likely N-dealkylation sites (tertiary alicyclic amines) is 1. The molecular weight excluding hydrogens is 348 g/mol. The number of unbranched alkanes of at least 4 members (excludes halogenated alkanes) is 3. The topological polar surface area (TPSA) is 47.6 Å². The van der Waals surface area contributed by atoms with Crippen LogP contribution < -0.4 is 15.5 Å². The third-order valence-corrected chi connectivity index (χ3v) is 6.38. The van der Waals surface area contributed by atoms with E-state index in [1.165, 1.54) is 50.8 Å². The van der Waals surface area contributed by atoms with Gasteiger partial charge in [-0.05, 0) is 69.8 Å². The van der Waals surface area contributed by atoms with E-state index in [4.69, 9.17) is 0 Å². The Labute approximate surface area is 170 Å². The van der Waals surface area contributed by atoms with Gasteiger partial charge in [0.15, 0.2) is 0 Å².